The van der Waals surface area contributed by atoms with Gasteiger partial charge in [-0.1, -0.05) is 12.8 Å². The van der Waals surface area contributed by atoms with Crippen LogP contribution in [-0.4, -0.2) is 27.7 Å². The van der Waals surface area contributed by atoms with Crippen LogP contribution in [0.4, 0.5) is 5.82 Å². The molecule has 2 aliphatic rings. The van der Waals surface area contributed by atoms with Crippen molar-refractivity contribution in [1.29, 1.82) is 0 Å². The lowest BCUT2D eigenvalue weighted by Crippen LogP contribution is -2.30. The monoisotopic (exact) mass is 325 g/mol. The van der Waals surface area contributed by atoms with Crippen molar-refractivity contribution in [2.24, 2.45) is 5.92 Å². The number of nitrogens with zero attached hydrogens (tertiary/aromatic N) is 2. The Labute approximate surface area is 122 Å². The zero-order valence-corrected chi connectivity index (χ0v) is 12.6. The highest BCUT2D eigenvalue weighted by molar-refractivity contribution is 9.10. The first-order valence-electron chi connectivity index (χ1n) is 7.19. The smallest absolute Gasteiger partial charge is 0.135 e. The Hall–Kier alpha value is -0.680. The number of nitrogens with one attached hydrogen (secondary N) is 1. The zero-order valence-electron chi connectivity index (χ0n) is 11.0. The van der Waals surface area contributed by atoms with Crippen LogP contribution >= 0.6 is 15.9 Å². The van der Waals surface area contributed by atoms with E-state index < -0.39 is 0 Å². The summed E-state index contributed by atoms with van der Waals surface area (Å²) in [6.07, 6.45) is 6.68. The number of aliphatic hydroxyl groups excluding tert-OH is 1. The van der Waals surface area contributed by atoms with Crippen molar-refractivity contribution in [3.8, 4) is 0 Å². The van der Waals surface area contributed by atoms with Gasteiger partial charge in [-0.2, -0.15) is 0 Å². The fourth-order valence-electron chi connectivity index (χ4n) is 2.71. The molecule has 3 rings (SSSR count). The molecule has 2 saturated carbocycles. The predicted molar refractivity (Wildman–Crippen MR) is 78.2 cm³/mol. The van der Waals surface area contributed by atoms with E-state index in [-0.39, 0.29) is 6.10 Å². The molecule has 2 atom stereocenters. The van der Waals surface area contributed by atoms with Gasteiger partial charge in [-0.25, -0.2) is 9.97 Å². The molecule has 0 aliphatic heterocycles. The number of rotatable bonds is 4. The largest absolute Gasteiger partial charge is 0.393 e. The molecule has 2 aliphatic carbocycles. The molecule has 0 saturated heterocycles. The number of hydrogen-bond acceptors (Lipinski definition) is 4. The molecule has 0 spiro atoms. The lowest BCUT2D eigenvalue weighted by atomic mass is 9.86. The summed E-state index contributed by atoms with van der Waals surface area (Å²) in [5, 5.41) is 13.3. The van der Waals surface area contributed by atoms with E-state index in [9.17, 15) is 5.11 Å². The normalized spacial score (nSPS) is 27.3. The molecule has 1 heterocycles. The Morgan fingerprint density at radius 1 is 1.21 bits per heavy atom. The summed E-state index contributed by atoms with van der Waals surface area (Å²) in [7, 11) is 0. The number of aromatic nitrogens is 2. The second-order valence-electron chi connectivity index (χ2n) is 5.70. The third kappa shape index (κ3) is 3.45. The summed E-state index contributed by atoms with van der Waals surface area (Å²) < 4.78 is 0.844. The van der Waals surface area contributed by atoms with Gasteiger partial charge in [-0.15, -0.1) is 0 Å². The summed E-state index contributed by atoms with van der Waals surface area (Å²) in [4.78, 5) is 8.99. The van der Waals surface area contributed by atoms with Crippen molar-refractivity contribution in [2.75, 3.05) is 11.9 Å². The fraction of sp³-hybridized carbons (Fsp3) is 0.714. The molecule has 0 radical (unpaired) electrons. The van der Waals surface area contributed by atoms with E-state index in [1.807, 2.05) is 6.07 Å². The molecule has 19 heavy (non-hydrogen) atoms. The molecule has 5 heteroatoms. The Balaban J connectivity index is 1.62. The van der Waals surface area contributed by atoms with E-state index in [1.165, 1.54) is 19.3 Å². The highest BCUT2D eigenvalue weighted by Crippen LogP contribution is 2.38. The molecule has 1 aromatic rings. The summed E-state index contributed by atoms with van der Waals surface area (Å²) in [5.41, 5.74) is 0. The molecule has 0 aromatic carbocycles. The third-order valence-corrected chi connectivity index (χ3v) is 4.48. The van der Waals surface area contributed by atoms with Crippen molar-refractivity contribution in [2.45, 2.75) is 50.5 Å². The first-order valence-corrected chi connectivity index (χ1v) is 7.98. The molecular formula is C14H20BrN3O. The highest BCUT2D eigenvalue weighted by Gasteiger charge is 2.27. The maximum Gasteiger partial charge on any atom is 0.135 e. The molecule has 104 valence electrons. The van der Waals surface area contributed by atoms with Crippen LogP contribution in [0.25, 0.3) is 0 Å². The maximum absolute atomic E-state index is 9.97. The number of hydrogen-bond donors (Lipinski definition) is 2. The summed E-state index contributed by atoms with van der Waals surface area (Å²) in [6, 6.07) is 1.92. The Bertz CT molecular complexity index is 450. The van der Waals surface area contributed by atoms with Gasteiger partial charge in [0.05, 0.1) is 6.10 Å². The van der Waals surface area contributed by atoms with Crippen LogP contribution in [0.2, 0.25) is 0 Å². The minimum Gasteiger partial charge on any atom is -0.393 e. The van der Waals surface area contributed by atoms with Crippen LogP contribution in [0, 0.1) is 5.92 Å². The Kier molecular flexibility index (Phi) is 4.03. The van der Waals surface area contributed by atoms with Gasteiger partial charge in [-0.3, -0.25) is 0 Å². The van der Waals surface area contributed by atoms with Crippen LogP contribution in [0.5, 0.6) is 0 Å². The van der Waals surface area contributed by atoms with Gasteiger partial charge >= 0.3 is 0 Å². The summed E-state index contributed by atoms with van der Waals surface area (Å²) in [5.74, 6) is 2.73. The van der Waals surface area contributed by atoms with E-state index in [0.29, 0.717) is 11.8 Å². The van der Waals surface area contributed by atoms with Crippen molar-refractivity contribution in [3.63, 3.8) is 0 Å². The van der Waals surface area contributed by atoms with E-state index in [1.54, 1.807) is 0 Å². The Morgan fingerprint density at radius 2 is 2.00 bits per heavy atom. The van der Waals surface area contributed by atoms with Crippen LogP contribution in [0.15, 0.2) is 10.7 Å². The second-order valence-corrected chi connectivity index (χ2v) is 6.51. The average molecular weight is 326 g/mol. The van der Waals surface area contributed by atoms with E-state index in [4.69, 9.17) is 0 Å². The number of anilines is 1. The van der Waals surface area contributed by atoms with E-state index >= 15 is 0 Å². The molecule has 0 bridgehead atoms. The fourth-order valence-corrected chi connectivity index (χ4v) is 3.11. The minimum atomic E-state index is -0.158. The van der Waals surface area contributed by atoms with Crippen LogP contribution in [0.3, 0.4) is 0 Å². The summed E-state index contributed by atoms with van der Waals surface area (Å²) in [6.45, 7) is 0.800. The molecule has 4 nitrogen and oxygen atoms in total. The number of halogens is 1. The minimum absolute atomic E-state index is 0.158. The zero-order chi connectivity index (χ0) is 13.2. The van der Waals surface area contributed by atoms with Crippen LogP contribution < -0.4 is 5.32 Å². The average Bonchev–Trinajstić information content (AvgIpc) is 3.21. The molecule has 0 amide bonds. The van der Waals surface area contributed by atoms with Gasteiger partial charge in [-0.05, 0) is 41.6 Å². The highest BCUT2D eigenvalue weighted by atomic mass is 79.9. The van der Waals surface area contributed by atoms with Crippen LogP contribution in [0.1, 0.15) is 50.3 Å². The predicted octanol–water partition coefficient (Wildman–Crippen LogP) is 3.08. The topological polar surface area (TPSA) is 58.0 Å². The van der Waals surface area contributed by atoms with Gasteiger partial charge in [0.15, 0.2) is 0 Å². The van der Waals surface area contributed by atoms with Gasteiger partial charge in [0, 0.05) is 24.4 Å². The third-order valence-electron chi connectivity index (χ3n) is 4.07. The maximum atomic E-state index is 9.97. The second kappa shape index (κ2) is 5.75. The van der Waals surface area contributed by atoms with Gasteiger partial charge in [0.1, 0.15) is 16.2 Å². The molecule has 2 unspecified atom stereocenters. The standard InChI is InChI=1S/C14H20BrN3O/c15-12-7-13(18-14(17-12)9-5-6-9)16-8-10-3-1-2-4-11(10)19/h7,9-11,19H,1-6,8H2,(H,16,17,18). The van der Waals surface area contributed by atoms with Gasteiger partial charge in [0.25, 0.3) is 0 Å². The SMILES string of the molecule is OC1CCCCC1CNc1cc(Br)nc(C2CC2)n1. The lowest BCUT2D eigenvalue weighted by molar-refractivity contribution is 0.0763. The summed E-state index contributed by atoms with van der Waals surface area (Å²) >= 11 is 3.45. The Morgan fingerprint density at radius 3 is 2.74 bits per heavy atom. The molecule has 1 aromatic heterocycles. The van der Waals surface area contributed by atoms with Gasteiger partial charge in [0.2, 0.25) is 0 Å². The molecule has 2 fully saturated rings. The number of aliphatic hydroxyl groups is 1. The van der Waals surface area contributed by atoms with Crippen LogP contribution in [-0.2, 0) is 0 Å². The first-order chi connectivity index (χ1) is 9.22. The van der Waals surface area contributed by atoms with Crippen molar-refractivity contribution in [3.05, 3.63) is 16.5 Å². The first kappa shape index (κ1) is 13.3. The quantitative estimate of drug-likeness (QED) is 0.835. The van der Waals surface area contributed by atoms with E-state index in [0.717, 1.165) is 42.1 Å². The van der Waals surface area contributed by atoms with Crippen molar-refractivity contribution < 1.29 is 5.11 Å². The van der Waals surface area contributed by atoms with E-state index in [2.05, 4.69) is 31.2 Å². The lowest BCUT2D eigenvalue weighted by Gasteiger charge is -2.27. The molecule has 2 N–H and O–H groups in total. The van der Waals surface area contributed by atoms with Crippen molar-refractivity contribution >= 4 is 21.7 Å². The van der Waals surface area contributed by atoms with Gasteiger partial charge < -0.3 is 10.4 Å². The van der Waals surface area contributed by atoms with Crippen molar-refractivity contribution in [1.82, 2.24) is 9.97 Å². The molecular weight excluding hydrogens is 306 g/mol.